The zero-order valence-electron chi connectivity index (χ0n) is 15.5. The second-order valence-electron chi connectivity index (χ2n) is 5.21. The highest BCUT2D eigenvalue weighted by molar-refractivity contribution is 6.14. The van der Waals surface area contributed by atoms with Crippen LogP contribution in [0, 0.1) is 0 Å². The van der Waals surface area contributed by atoms with E-state index in [-0.39, 0.29) is 0 Å². The maximum Gasteiger partial charge on any atom is 0.203 e. The Labute approximate surface area is 152 Å². The summed E-state index contributed by atoms with van der Waals surface area (Å²) in [6, 6.07) is 8.83. The van der Waals surface area contributed by atoms with Crippen molar-refractivity contribution in [2.75, 3.05) is 35.5 Å². The number of hydrogen-bond acceptors (Lipinski definition) is 6. The maximum absolute atomic E-state index is 11.7. The maximum atomic E-state index is 11.7. The number of benzene rings is 2. The number of methoxy groups -OCH3 is 5. The first kappa shape index (κ1) is 19.2. The largest absolute Gasteiger partial charge is 0.493 e. The predicted octanol–water partition coefficient (Wildman–Crippen LogP) is 3.47. The van der Waals surface area contributed by atoms with Gasteiger partial charge in [0.05, 0.1) is 35.5 Å². The van der Waals surface area contributed by atoms with Crippen LogP contribution in [-0.2, 0) is 4.79 Å². The van der Waals surface area contributed by atoms with Gasteiger partial charge in [-0.15, -0.1) is 0 Å². The number of ether oxygens (including phenoxy) is 5. The lowest BCUT2D eigenvalue weighted by atomic mass is 10.0. The molecule has 0 fully saturated rings. The van der Waals surface area contributed by atoms with Crippen LogP contribution in [0.25, 0.3) is 11.6 Å². The minimum atomic E-state index is 0.455. The van der Waals surface area contributed by atoms with Crippen LogP contribution in [0.3, 0.4) is 0 Å². The van der Waals surface area contributed by atoms with Gasteiger partial charge < -0.3 is 23.7 Å². The van der Waals surface area contributed by atoms with Gasteiger partial charge in [0, 0.05) is 11.1 Å². The fraction of sp³-hybridized carbons (Fsp3) is 0.250. The highest BCUT2D eigenvalue weighted by atomic mass is 16.5. The van der Waals surface area contributed by atoms with Gasteiger partial charge in [0.15, 0.2) is 29.3 Å². The van der Waals surface area contributed by atoms with E-state index in [9.17, 15) is 4.79 Å². The zero-order valence-corrected chi connectivity index (χ0v) is 15.5. The third-order valence-corrected chi connectivity index (χ3v) is 3.89. The molecule has 2 aromatic rings. The Morgan fingerprint density at radius 3 is 1.88 bits per heavy atom. The van der Waals surface area contributed by atoms with E-state index >= 15 is 0 Å². The summed E-state index contributed by atoms with van der Waals surface area (Å²) < 4.78 is 26.7. The summed E-state index contributed by atoms with van der Waals surface area (Å²) in [6.07, 6.45) is 2.49. The molecule has 0 amide bonds. The average molecular weight is 358 g/mol. The predicted molar refractivity (Wildman–Crippen MR) is 99.6 cm³/mol. The van der Waals surface area contributed by atoms with E-state index < -0.39 is 0 Å². The summed E-state index contributed by atoms with van der Waals surface area (Å²) in [5.41, 5.74) is 1.83. The number of carbonyl (C=O) groups excluding carboxylic acids is 1. The Bertz CT molecular complexity index is 810. The Hall–Kier alpha value is -3.15. The summed E-state index contributed by atoms with van der Waals surface area (Å²) in [5.74, 6) is 2.61. The monoisotopic (exact) mass is 358 g/mol. The Balaban J connectivity index is 2.58. The molecule has 0 aliphatic carbocycles. The molecule has 2 aromatic carbocycles. The van der Waals surface area contributed by atoms with Crippen molar-refractivity contribution in [2.24, 2.45) is 0 Å². The van der Waals surface area contributed by atoms with Crippen molar-refractivity contribution in [1.82, 2.24) is 0 Å². The minimum absolute atomic E-state index is 0.455. The fourth-order valence-corrected chi connectivity index (χ4v) is 2.61. The van der Waals surface area contributed by atoms with Crippen LogP contribution in [0.4, 0.5) is 0 Å². The van der Waals surface area contributed by atoms with Crippen molar-refractivity contribution >= 4 is 17.9 Å². The van der Waals surface area contributed by atoms with Gasteiger partial charge in [0.1, 0.15) is 0 Å². The molecule has 6 nitrogen and oxygen atoms in total. The number of rotatable bonds is 8. The number of aldehydes is 1. The topological polar surface area (TPSA) is 63.2 Å². The third kappa shape index (κ3) is 3.74. The van der Waals surface area contributed by atoms with Crippen molar-refractivity contribution in [3.63, 3.8) is 0 Å². The SMILES string of the molecule is COc1ccc(/C(C=O)=C\c2ccc(OC)c(OC)c2OC)cc1OC. The lowest BCUT2D eigenvalue weighted by Gasteiger charge is -2.14. The highest BCUT2D eigenvalue weighted by Crippen LogP contribution is 2.41. The van der Waals surface area contributed by atoms with Crippen LogP contribution in [0.15, 0.2) is 30.3 Å². The Morgan fingerprint density at radius 2 is 1.35 bits per heavy atom. The van der Waals surface area contributed by atoms with Crippen LogP contribution < -0.4 is 23.7 Å². The molecule has 0 atom stereocenters. The minimum Gasteiger partial charge on any atom is -0.493 e. The Kier molecular flexibility index (Phi) is 6.49. The Morgan fingerprint density at radius 1 is 0.731 bits per heavy atom. The van der Waals surface area contributed by atoms with E-state index in [1.807, 2.05) is 0 Å². The second-order valence-corrected chi connectivity index (χ2v) is 5.21. The molecule has 0 spiro atoms. The van der Waals surface area contributed by atoms with Crippen LogP contribution in [0.1, 0.15) is 11.1 Å². The third-order valence-electron chi connectivity index (χ3n) is 3.89. The summed E-state index contributed by atoms with van der Waals surface area (Å²) in [5, 5.41) is 0. The normalized spacial score (nSPS) is 10.9. The molecular weight excluding hydrogens is 336 g/mol. The summed E-state index contributed by atoms with van der Waals surface area (Å²) in [6.45, 7) is 0. The molecule has 0 aliphatic heterocycles. The van der Waals surface area contributed by atoms with Crippen molar-refractivity contribution < 1.29 is 28.5 Å². The molecule has 0 saturated heterocycles. The van der Waals surface area contributed by atoms with Gasteiger partial charge >= 0.3 is 0 Å². The molecule has 0 aliphatic rings. The molecule has 0 saturated carbocycles. The van der Waals surface area contributed by atoms with E-state index in [0.717, 1.165) is 6.29 Å². The van der Waals surface area contributed by atoms with Gasteiger partial charge in [-0.05, 0) is 35.9 Å². The van der Waals surface area contributed by atoms with Gasteiger partial charge in [0.25, 0.3) is 0 Å². The van der Waals surface area contributed by atoms with Crippen molar-refractivity contribution in [1.29, 1.82) is 0 Å². The molecule has 0 bridgehead atoms. The molecule has 138 valence electrons. The van der Waals surface area contributed by atoms with Crippen LogP contribution in [0.2, 0.25) is 0 Å². The van der Waals surface area contributed by atoms with E-state index in [1.165, 1.54) is 14.2 Å². The van der Waals surface area contributed by atoms with Gasteiger partial charge in [-0.3, -0.25) is 4.79 Å². The molecule has 2 rings (SSSR count). The van der Waals surface area contributed by atoms with E-state index in [2.05, 4.69) is 0 Å². The average Bonchev–Trinajstić information content (AvgIpc) is 2.70. The lowest BCUT2D eigenvalue weighted by molar-refractivity contribution is -0.103. The van der Waals surface area contributed by atoms with Gasteiger partial charge in [-0.2, -0.15) is 0 Å². The van der Waals surface area contributed by atoms with Gasteiger partial charge in [0.2, 0.25) is 5.75 Å². The number of carbonyl (C=O) groups is 1. The molecular formula is C20H22O6. The van der Waals surface area contributed by atoms with Crippen molar-refractivity contribution in [2.45, 2.75) is 0 Å². The second kappa shape index (κ2) is 8.80. The molecule has 0 radical (unpaired) electrons. The standard InChI is InChI=1S/C20H22O6/c1-22-16-8-6-13(11-18(16)24-3)15(12-21)10-14-7-9-17(23-2)20(26-5)19(14)25-4/h6-12H,1-5H3/b15-10-. The molecule has 0 unspecified atom stereocenters. The highest BCUT2D eigenvalue weighted by Gasteiger charge is 2.16. The number of hydrogen-bond donors (Lipinski definition) is 0. The van der Waals surface area contributed by atoms with E-state index in [0.29, 0.717) is 45.4 Å². The summed E-state index contributed by atoms with van der Waals surface area (Å²) in [4.78, 5) is 11.7. The van der Waals surface area contributed by atoms with Gasteiger partial charge in [-0.1, -0.05) is 6.07 Å². The first-order chi connectivity index (χ1) is 12.6. The zero-order chi connectivity index (χ0) is 19.1. The van der Waals surface area contributed by atoms with E-state index in [1.54, 1.807) is 57.7 Å². The quantitative estimate of drug-likeness (QED) is 0.409. The summed E-state index contributed by atoms with van der Waals surface area (Å²) in [7, 11) is 7.72. The lowest BCUT2D eigenvalue weighted by Crippen LogP contribution is -1.97. The van der Waals surface area contributed by atoms with Crippen molar-refractivity contribution in [3.8, 4) is 28.7 Å². The molecule has 0 aromatic heterocycles. The summed E-state index contributed by atoms with van der Waals surface area (Å²) >= 11 is 0. The first-order valence-electron chi connectivity index (χ1n) is 7.81. The molecule has 26 heavy (non-hydrogen) atoms. The first-order valence-corrected chi connectivity index (χ1v) is 7.81. The molecule has 0 N–H and O–H groups in total. The van der Waals surface area contributed by atoms with Crippen LogP contribution in [0.5, 0.6) is 28.7 Å². The molecule has 0 heterocycles. The van der Waals surface area contributed by atoms with Crippen molar-refractivity contribution in [3.05, 3.63) is 41.5 Å². The fourth-order valence-electron chi connectivity index (χ4n) is 2.61. The smallest absolute Gasteiger partial charge is 0.203 e. The van der Waals surface area contributed by atoms with Crippen LogP contribution >= 0.6 is 0 Å². The van der Waals surface area contributed by atoms with Crippen LogP contribution in [-0.4, -0.2) is 41.8 Å². The van der Waals surface area contributed by atoms with Gasteiger partial charge in [-0.25, -0.2) is 0 Å². The van der Waals surface area contributed by atoms with E-state index in [4.69, 9.17) is 23.7 Å². The number of allylic oxidation sites excluding steroid dienone is 1. The molecule has 6 heteroatoms.